The molecule has 8 nitrogen and oxygen atoms in total. The highest BCUT2D eigenvalue weighted by atomic mass is 79.9. The molecule has 1 aromatic rings. The molecule has 3 atom stereocenters. The van der Waals surface area contributed by atoms with Crippen molar-refractivity contribution in [3.63, 3.8) is 0 Å². The van der Waals surface area contributed by atoms with E-state index in [9.17, 15) is 29.4 Å². The van der Waals surface area contributed by atoms with Crippen LogP contribution in [-0.2, 0) is 19.2 Å². The van der Waals surface area contributed by atoms with Gasteiger partial charge in [0, 0.05) is 10.2 Å². The van der Waals surface area contributed by atoms with Gasteiger partial charge in [-0.15, -0.1) is 11.8 Å². The van der Waals surface area contributed by atoms with E-state index < -0.39 is 41.1 Å². The number of rotatable bonds is 5. The summed E-state index contributed by atoms with van der Waals surface area (Å²) in [5, 5.41) is 20.5. The molecule has 10 heteroatoms. The lowest BCUT2D eigenvalue weighted by atomic mass is 9.97. The first-order chi connectivity index (χ1) is 12.3. The number of carboxylic acid groups (broad SMARTS) is 2. The third kappa shape index (κ3) is 3.10. The predicted molar refractivity (Wildman–Crippen MR) is 95.4 cm³/mol. The number of thioether (sulfide) groups is 1. The Labute approximate surface area is 160 Å². The second-order valence-electron chi connectivity index (χ2n) is 5.64. The van der Waals surface area contributed by atoms with Crippen LogP contribution in [0.15, 0.2) is 40.5 Å². The Balaban J connectivity index is 1.78. The van der Waals surface area contributed by atoms with Gasteiger partial charge in [0.25, 0.3) is 5.91 Å². The van der Waals surface area contributed by atoms with Crippen LogP contribution in [0.5, 0.6) is 0 Å². The first-order valence-corrected chi connectivity index (χ1v) is 9.32. The maximum Gasteiger partial charge on any atom is 0.353 e. The topological polar surface area (TPSA) is 124 Å². The van der Waals surface area contributed by atoms with Crippen LogP contribution < -0.4 is 5.32 Å². The molecule has 1 fully saturated rings. The lowest BCUT2D eigenvalue weighted by Crippen LogP contribution is -2.70. The Morgan fingerprint density at radius 2 is 1.88 bits per heavy atom. The first-order valence-electron chi connectivity index (χ1n) is 7.47. The monoisotopic (exact) mass is 440 g/mol. The lowest BCUT2D eigenvalue weighted by Gasteiger charge is -2.49. The van der Waals surface area contributed by atoms with Crippen LogP contribution in [0.3, 0.4) is 0 Å². The molecular formula is C16H13BrN2O6S. The number of carbonyl (C=O) groups is 4. The van der Waals surface area contributed by atoms with E-state index in [-0.39, 0.29) is 5.70 Å². The maximum atomic E-state index is 12.5. The summed E-state index contributed by atoms with van der Waals surface area (Å²) in [6, 6.07) is 7.01. The molecule has 2 aliphatic heterocycles. The molecule has 136 valence electrons. The van der Waals surface area contributed by atoms with Crippen LogP contribution in [0.1, 0.15) is 11.5 Å². The third-order valence-electron chi connectivity index (χ3n) is 4.06. The van der Waals surface area contributed by atoms with Gasteiger partial charge in [-0.25, -0.2) is 4.79 Å². The van der Waals surface area contributed by atoms with Gasteiger partial charge in [-0.05, 0) is 5.56 Å². The Hall–Kier alpha value is -2.33. The quantitative estimate of drug-likeness (QED) is 0.459. The minimum atomic E-state index is -1.45. The van der Waals surface area contributed by atoms with Gasteiger partial charge in [0.15, 0.2) is 5.92 Å². The van der Waals surface area contributed by atoms with E-state index in [0.717, 1.165) is 4.90 Å². The summed E-state index contributed by atoms with van der Waals surface area (Å²) < 4.78 is 0.386. The number of nitrogens with zero attached hydrogens (tertiary/aromatic N) is 1. The van der Waals surface area contributed by atoms with Gasteiger partial charge in [-0.3, -0.25) is 19.3 Å². The normalized spacial score (nSPS) is 23.0. The smallest absolute Gasteiger partial charge is 0.353 e. The fourth-order valence-corrected chi connectivity index (χ4v) is 4.82. The Morgan fingerprint density at radius 1 is 1.23 bits per heavy atom. The lowest BCUT2D eigenvalue weighted by molar-refractivity contribution is -0.152. The number of halogens is 1. The maximum absolute atomic E-state index is 12.5. The zero-order valence-electron chi connectivity index (χ0n) is 13.1. The van der Waals surface area contributed by atoms with Crippen LogP contribution in [0.25, 0.3) is 0 Å². The number of aliphatic carboxylic acids is 2. The molecule has 0 spiro atoms. The molecule has 0 radical (unpaired) electrons. The highest BCUT2D eigenvalue weighted by Crippen LogP contribution is 2.42. The van der Waals surface area contributed by atoms with Crippen molar-refractivity contribution in [2.24, 2.45) is 0 Å². The molecule has 3 rings (SSSR count). The van der Waals surface area contributed by atoms with E-state index in [0.29, 0.717) is 15.8 Å². The van der Waals surface area contributed by atoms with Gasteiger partial charge >= 0.3 is 11.9 Å². The number of hydrogen-bond donors (Lipinski definition) is 3. The number of carboxylic acids is 2. The van der Waals surface area contributed by atoms with Crippen LogP contribution in [0.4, 0.5) is 0 Å². The molecule has 2 heterocycles. The molecule has 2 amide bonds. The SMILES string of the molecule is O=C(O)C1=C(Br)CS[C@@H]2C(NC(=O)C(C(=O)O)c3ccccc3)C(=O)N12. The molecule has 0 bridgehead atoms. The first kappa shape index (κ1) is 18.5. The molecule has 2 unspecified atom stereocenters. The number of hydrogen-bond acceptors (Lipinski definition) is 5. The van der Waals surface area contributed by atoms with E-state index in [1.165, 1.54) is 23.9 Å². The standard InChI is InChI=1S/C16H13BrN2O6S/c17-8-6-26-14-10(13(21)19(14)11(8)16(24)25)18-12(20)9(15(22)23)7-4-2-1-3-5-7/h1-5,9-10,14H,6H2,(H,18,20)(H,22,23)(H,24,25)/t9?,10?,14-/m1/s1. The van der Waals surface area contributed by atoms with Crippen LogP contribution in [0, 0.1) is 0 Å². The predicted octanol–water partition coefficient (Wildman–Crippen LogP) is 0.946. The summed E-state index contributed by atoms with van der Waals surface area (Å²) in [5.41, 5.74) is 0.147. The van der Waals surface area contributed by atoms with Crippen LogP contribution in [-0.4, -0.2) is 56.0 Å². The van der Waals surface area contributed by atoms with Gasteiger partial charge < -0.3 is 15.5 Å². The highest BCUT2D eigenvalue weighted by molar-refractivity contribution is 9.11. The van der Waals surface area contributed by atoms with Crippen molar-refractivity contribution < 1.29 is 29.4 Å². The number of β-lactam (4-membered cyclic amide) rings is 1. The Morgan fingerprint density at radius 3 is 2.46 bits per heavy atom. The minimum absolute atomic E-state index is 0.151. The highest BCUT2D eigenvalue weighted by Gasteiger charge is 2.54. The van der Waals surface area contributed by atoms with E-state index >= 15 is 0 Å². The van der Waals surface area contributed by atoms with E-state index in [1.807, 2.05) is 0 Å². The number of nitrogens with one attached hydrogen (secondary N) is 1. The fourth-order valence-electron chi connectivity index (χ4n) is 2.87. The van der Waals surface area contributed by atoms with Crippen molar-refractivity contribution in [1.82, 2.24) is 10.2 Å². The van der Waals surface area contributed by atoms with Crippen molar-refractivity contribution in [1.29, 1.82) is 0 Å². The van der Waals surface area contributed by atoms with Gasteiger partial charge in [0.05, 0.1) is 0 Å². The summed E-state index contributed by atoms with van der Waals surface area (Å²) in [4.78, 5) is 48.8. The molecule has 0 saturated carbocycles. The molecule has 1 aromatic carbocycles. The third-order valence-corrected chi connectivity index (χ3v) is 6.37. The zero-order chi connectivity index (χ0) is 19.0. The van der Waals surface area contributed by atoms with Gasteiger partial charge in [0.2, 0.25) is 5.91 Å². The molecule has 3 N–H and O–H groups in total. The summed E-state index contributed by atoms with van der Waals surface area (Å²) in [5.74, 6) is -5.08. The summed E-state index contributed by atoms with van der Waals surface area (Å²) in [6.07, 6.45) is 0. The Kier molecular flexibility index (Phi) is 5.05. The summed E-state index contributed by atoms with van der Waals surface area (Å²) in [6.45, 7) is 0. The largest absolute Gasteiger partial charge is 0.480 e. The second-order valence-corrected chi connectivity index (χ2v) is 7.70. The van der Waals surface area contributed by atoms with Gasteiger partial charge in [0.1, 0.15) is 17.1 Å². The molecule has 26 heavy (non-hydrogen) atoms. The zero-order valence-corrected chi connectivity index (χ0v) is 15.5. The Bertz CT molecular complexity index is 827. The van der Waals surface area contributed by atoms with Crippen molar-refractivity contribution >= 4 is 51.4 Å². The average molecular weight is 441 g/mol. The van der Waals surface area contributed by atoms with Crippen molar-refractivity contribution in [2.45, 2.75) is 17.3 Å². The molecular weight excluding hydrogens is 428 g/mol. The van der Waals surface area contributed by atoms with E-state index in [4.69, 9.17) is 0 Å². The fraction of sp³-hybridized carbons (Fsp3) is 0.250. The van der Waals surface area contributed by atoms with Crippen molar-refractivity contribution in [2.75, 3.05) is 5.75 Å². The number of benzene rings is 1. The molecule has 0 aromatic heterocycles. The molecule has 0 aliphatic carbocycles. The number of carbonyl (C=O) groups excluding carboxylic acids is 2. The molecule has 1 saturated heterocycles. The van der Waals surface area contributed by atoms with Crippen molar-refractivity contribution in [3.8, 4) is 0 Å². The second kappa shape index (κ2) is 7.12. The van der Waals surface area contributed by atoms with Gasteiger partial charge in [-0.1, -0.05) is 46.3 Å². The summed E-state index contributed by atoms with van der Waals surface area (Å²) in [7, 11) is 0. The average Bonchev–Trinajstić information content (AvgIpc) is 2.60. The number of amides is 2. The van der Waals surface area contributed by atoms with Gasteiger partial charge in [-0.2, -0.15) is 0 Å². The van der Waals surface area contributed by atoms with E-state index in [1.54, 1.807) is 18.2 Å². The van der Waals surface area contributed by atoms with Crippen LogP contribution >= 0.6 is 27.7 Å². The number of fused-ring (bicyclic) bond motifs is 1. The van der Waals surface area contributed by atoms with Crippen molar-refractivity contribution in [3.05, 3.63) is 46.1 Å². The van der Waals surface area contributed by atoms with E-state index in [2.05, 4.69) is 21.2 Å². The van der Waals surface area contributed by atoms with Crippen LogP contribution in [0.2, 0.25) is 0 Å². The summed E-state index contributed by atoms with van der Waals surface area (Å²) >= 11 is 4.43. The molecule has 2 aliphatic rings. The minimum Gasteiger partial charge on any atom is -0.480 e.